The maximum Gasteiger partial charge on any atom is 0.111 e. The van der Waals surface area contributed by atoms with Gasteiger partial charge in [0.15, 0.2) is 0 Å². The highest BCUT2D eigenvalue weighted by atomic mass is 16.5. The molecule has 6 heteroatoms. The minimum absolute atomic E-state index is 0.234. The number of hydrogen-bond donors (Lipinski definition) is 0. The lowest BCUT2D eigenvalue weighted by Crippen LogP contribution is -2.44. The molecule has 6 nitrogen and oxygen atoms in total. The molecular weight excluding hydrogens is 286 g/mol. The van der Waals surface area contributed by atoms with Gasteiger partial charge in [-0.3, -0.25) is 4.90 Å². The van der Waals surface area contributed by atoms with Crippen molar-refractivity contribution >= 4 is 0 Å². The van der Waals surface area contributed by atoms with Gasteiger partial charge in [-0.1, -0.05) is 13.2 Å². The topological polar surface area (TPSA) is 49.4 Å². The Bertz CT molecular complexity index is 262. The summed E-state index contributed by atoms with van der Waals surface area (Å²) in [5, 5.41) is 0. The van der Waals surface area contributed by atoms with Gasteiger partial charge in [-0.05, 0) is 6.42 Å². The fourth-order valence-electron chi connectivity index (χ4n) is 2.15. The Morgan fingerprint density at radius 1 is 0.955 bits per heavy atom. The van der Waals surface area contributed by atoms with Crippen LogP contribution in [0.2, 0.25) is 0 Å². The molecule has 0 amide bonds. The molecule has 1 aliphatic rings. The van der Waals surface area contributed by atoms with E-state index in [1.54, 1.807) is 0 Å². The van der Waals surface area contributed by atoms with E-state index < -0.39 is 0 Å². The Kier molecular flexibility index (Phi) is 11.7. The van der Waals surface area contributed by atoms with Crippen molar-refractivity contribution in [3.8, 4) is 0 Å². The van der Waals surface area contributed by atoms with Crippen LogP contribution in [0.25, 0.3) is 0 Å². The first kappa shape index (κ1) is 19.0. The monoisotopic (exact) mass is 315 g/mol. The van der Waals surface area contributed by atoms with Gasteiger partial charge >= 0.3 is 0 Å². The summed E-state index contributed by atoms with van der Waals surface area (Å²) in [6.45, 7) is 14.2. The number of nitrogens with zero attached hydrogens (tertiary/aromatic N) is 1. The van der Waals surface area contributed by atoms with Crippen LogP contribution >= 0.6 is 0 Å². The first-order valence-corrected chi connectivity index (χ1v) is 7.81. The molecule has 0 aromatic heterocycles. The maximum atomic E-state index is 5.75. The highest BCUT2D eigenvalue weighted by Gasteiger charge is 2.19. The van der Waals surface area contributed by atoms with Crippen molar-refractivity contribution in [2.45, 2.75) is 12.5 Å². The molecule has 1 rings (SSSR count). The molecule has 0 aromatic carbocycles. The highest BCUT2D eigenvalue weighted by molar-refractivity contribution is 4.71. The SMILES string of the molecule is C=COCCOCCC1CN(CCOCCOC=C)CCO1. The lowest BCUT2D eigenvalue weighted by atomic mass is 10.2. The molecule has 0 saturated carbocycles. The summed E-state index contributed by atoms with van der Waals surface area (Å²) in [4.78, 5) is 2.36. The van der Waals surface area contributed by atoms with E-state index in [1.165, 1.54) is 12.5 Å². The Hall–Kier alpha value is -1.08. The summed E-state index contributed by atoms with van der Waals surface area (Å²) in [5.41, 5.74) is 0. The van der Waals surface area contributed by atoms with Crippen LogP contribution < -0.4 is 0 Å². The van der Waals surface area contributed by atoms with Gasteiger partial charge in [0, 0.05) is 26.2 Å². The van der Waals surface area contributed by atoms with Crippen LogP contribution in [0.15, 0.2) is 25.7 Å². The summed E-state index contributed by atoms with van der Waals surface area (Å²) in [7, 11) is 0. The molecular formula is C16H29NO5. The predicted molar refractivity (Wildman–Crippen MR) is 84.7 cm³/mol. The summed E-state index contributed by atoms with van der Waals surface area (Å²) in [6.07, 6.45) is 4.00. The second-order valence-corrected chi connectivity index (χ2v) is 4.88. The smallest absolute Gasteiger partial charge is 0.111 e. The van der Waals surface area contributed by atoms with Crippen LogP contribution in [-0.2, 0) is 23.7 Å². The Morgan fingerprint density at radius 3 is 2.32 bits per heavy atom. The Morgan fingerprint density at radius 2 is 1.64 bits per heavy atom. The Labute approximate surface area is 133 Å². The molecule has 22 heavy (non-hydrogen) atoms. The van der Waals surface area contributed by atoms with Gasteiger partial charge in [0.25, 0.3) is 0 Å². The molecule has 0 radical (unpaired) electrons. The van der Waals surface area contributed by atoms with E-state index in [4.69, 9.17) is 23.7 Å². The maximum absolute atomic E-state index is 5.75. The third-order valence-electron chi connectivity index (χ3n) is 3.29. The lowest BCUT2D eigenvalue weighted by Gasteiger charge is -2.32. The second kappa shape index (κ2) is 13.6. The van der Waals surface area contributed by atoms with E-state index in [1.807, 2.05) is 0 Å². The molecule has 1 atom stereocenters. The van der Waals surface area contributed by atoms with E-state index in [9.17, 15) is 0 Å². The zero-order valence-corrected chi connectivity index (χ0v) is 13.4. The van der Waals surface area contributed by atoms with Gasteiger partial charge in [0.05, 0.1) is 45.1 Å². The summed E-state index contributed by atoms with van der Waals surface area (Å²) in [6, 6.07) is 0. The van der Waals surface area contributed by atoms with E-state index in [0.717, 1.165) is 32.7 Å². The van der Waals surface area contributed by atoms with Gasteiger partial charge in [-0.15, -0.1) is 0 Å². The Balaban J connectivity index is 1.98. The van der Waals surface area contributed by atoms with E-state index in [2.05, 4.69) is 18.1 Å². The summed E-state index contributed by atoms with van der Waals surface area (Å²) in [5.74, 6) is 0. The average molecular weight is 315 g/mol. The van der Waals surface area contributed by atoms with Crippen molar-refractivity contribution in [1.29, 1.82) is 0 Å². The fourth-order valence-corrected chi connectivity index (χ4v) is 2.15. The number of rotatable bonds is 14. The quantitative estimate of drug-likeness (QED) is 0.357. The number of hydrogen-bond acceptors (Lipinski definition) is 6. The van der Waals surface area contributed by atoms with E-state index >= 15 is 0 Å². The molecule has 1 saturated heterocycles. The standard InChI is InChI=1S/C16H29NO5/c1-3-18-11-13-20-8-5-16-15-17(7-10-22-16)6-9-21-14-12-19-4-2/h3-4,16H,1-2,5-15H2. The zero-order chi connectivity index (χ0) is 15.9. The van der Waals surface area contributed by atoms with Crippen molar-refractivity contribution in [2.24, 2.45) is 0 Å². The minimum Gasteiger partial charge on any atom is -0.499 e. The van der Waals surface area contributed by atoms with Gasteiger partial charge in [-0.25, -0.2) is 0 Å². The molecule has 0 aromatic rings. The van der Waals surface area contributed by atoms with Crippen molar-refractivity contribution in [1.82, 2.24) is 4.90 Å². The largest absolute Gasteiger partial charge is 0.499 e. The number of morpholine rings is 1. The van der Waals surface area contributed by atoms with Gasteiger partial charge in [-0.2, -0.15) is 0 Å². The second-order valence-electron chi connectivity index (χ2n) is 4.88. The van der Waals surface area contributed by atoms with Crippen LogP contribution in [0, 0.1) is 0 Å². The molecule has 0 bridgehead atoms. The molecule has 1 unspecified atom stereocenters. The summed E-state index contributed by atoms with van der Waals surface area (Å²) < 4.78 is 26.7. The van der Waals surface area contributed by atoms with Gasteiger partial charge < -0.3 is 23.7 Å². The first-order chi connectivity index (χ1) is 10.9. The van der Waals surface area contributed by atoms with Crippen molar-refractivity contribution < 1.29 is 23.7 Å². The van der Waals surface area contributed by atoms with Crippen molar-refractivity contribution in [3.05, 3.63) is 25.7 Å². The van der Waals surface area contributed by atoms with Crippen LogP contribution in [0.3, 0.4) is 0 Å². The van der Waals surface area contributed by atoms with Crippen molar-refractivity contribution in [2.75, 3.05) is 65.9 Å². The molecule has 128 valence electrons. The third-order valence-corrected chi connectivity index (χ3v) is 3.29. The van der Waals surface area contributed by atoms with Crippen LogP contribution in [0.1, 0.15) is 6.42 Å². The fraction of sp³-hybridized carbons (Fsp3) is 0.750. The normalized spacial score (nSPS) is 18.8. The molecule has 1 aliphatic heterocycles. The molecule has 1 fully saturated rings. The zero-order valence-electron chi connectivity index (χ0n) is 13.4. The van der Waals surface area contributed by atoms with Gasteiger partial charge in [0.2, 0.25) is 0 Å². The first-order valence-electron chi connectivity index (χ1n) is 7.81. The van der Waals surface area contributed by atoms with E-state index in [0.29, 0.717) is 39.6 Å². The third kappa shape index (κ3) is 9.78. The van der Waals surface area contributed by atoms with Crippen molar-refractivity contribution in [3.63, 3.8) is 0 Å². The lowest BCUT2D eigenvalue weighted by molar-refractivity contribution is -0.0518. The molecule has 1 heterocycles. The van der Waals surface area contributed by atoms with Crippen LogP contribution in [0.4, 0.5) is 0 Å². The average Bonchev–Trinajstić information content (AvgIpc) is 2.54. The minimum atomic E-state index is 0.234. The van der Waals surface area contributed by atoms with E-state index in [-0.39, 0.29) is 6.10 Å². The molecule has 0 N–H and O–H groups in total. The van der Waals surface area contributed by atoms with Crippen LogP contribution in [-0.4, -0.2) is 76.9 Å². The van der Waals surface area contributed by atoms with Crippen LogP contribution in [0.5, 0.6) is 0 Å². The molecule has 0 spiro atoms. The highest BCUT2D eigenvalue weighted by Crippen LogP contribution is 2.08. The molecule has 0 aliphatic carbocycles. The number of ether oxygens (including phenoxy) is 5. The summed E-state index contributed by atoms with van der Waals surface area (Å²) >= 11 is 0. The predicted octanol–water partition coefficient (Wildman–Crippen LogP) is 1.43. The van der Waals surface area contributed by atoms with Gasteiger partial charge in [0.1, 0.15) is 13.2 Å².